The smallest absolute Gasteiger partial charge is 0.258 e. The molecule has 1 aliphatic rings. The highest BCUT2D eigenvalue weighted by Crippen LogP contribution is 2.24. The van der Waals surface area contributed by atoms with E-state index in [0.717, 1.165) is 54.7 Å². The number of hydrogen-bond acceptors (Lipinski definition) is 3. The van der Waals surface area contributed by atoms with Gasteiger partial charge in [-0.1, -0.05) is 23.7 Å². The predicted octanol–water partition coefficient (Wildman–Crippen LogP) is 1.87. The lowest BCUT2D eigenvalue weighted by Gasteiger charge is -2.34. The van der Waals surface area contributed by atoms with Crippen LogP contribution < -0.4 is 15.4 Å². The first-order valence-corrected chi connectivity index (χ1v) is 9.71. The van der Waals surface area contributed by atoms with Crippen LogP contribution in [0.2, 0.25) is 5.02 Å². The zero-order valence-electron chi connectivity index (χ0n) is 15.7. The number of pyridine rings is 1. The van der Waals surface area contributed by atoms with Crippen molar-refractivity contribution in [2.45, 2.75) is 20.4 Å². The fourth-order valence-electron chi connectivity index (χ4n) is 3.77. The maximum atomic E-state index is 12.4. The molecular weight excluding hydrogens is 360 g/mol. The molecule has 3 heterocycles. The maximum Gasteiger partial charge on any atom is 0.258 e. The second kappa shape index (κ2) is 7.33. The van der Waals surface area contributed by atoms with Crippen LogP contribution in [-0.4, -0.2) is 35.6 Å². The van der Waals surface area contributed by atoms with Crippen LogP contribution in [0.25, 0.3) is 5.65 Å². The zero-order valence-corrected chi connectivity index (χ0v) is 16.5. The Morgan fingerprint density at radius 3 is 2.67 bits per heavy atom. The number of rotatable bonds is 3. The van der Waals surface area contributed by atoms with E-state index in [9.17, 15) is 4.79 Å². The highest BCUT2D eigenvalue weighted by Gasteiger charge is 2.22. The number of aryl methyl sites for hydroxylation is 2. The minimum absolute atomic E-state index is 0.00807. The lowest BCUT2D eigenvalue weighted by molar-refractivity contribution is -0.914. The summed E-state index contributed by atoms with van der Waals surface area (Å²) in [6, 6.07) is 11.6. The first-order chi connectivity index (χ1) is 13.0. The van der Waals surface area contributed by atoms with E-state index in [1.54, 1.807) is 10.5 Å². The van der Waals surface area contributed by atoms with E-state index < -0.39 is 0 Å². The molecule has 0 spiro atoms. The zero-order chi connectivity index (χ0) is 19.0. The number of piperazine rings is 1. The van der Waals surface area contributed by atoms with Gasteiger partial charge in [0.2, 0.25) is 0 Å². The molecule has 27 heavy (non-hydrogen) atoms. The van der Waals surface area contributed by atoms with Gasteiger partial charge in [0.05, 0.1) is 26.2 Å². The number of quaternary nitrogens is 1. The molecule has 2 aromatic heterocycles. The van der Waals surface area contributed by atoms with Crippen molar-refractivity contribution < 1.29 is 4.90 Å². The van der Waals surface area contributed by atoms with Crippen LogP contribution >= 0.6 is 11.6 Å². The number of nitrogens with zero attached hydrogens (tertiary/aromatic N) is 3. The minimum Gasteiger partial charge on any atom is -0.360 e. The third kappa shape index (κ3) is 3.84. The van der Waals surface area contributed by atoms with Crippen molar-refractivity contribution in [3.05, 3.63) is 74.8 Å². The molecule has 0 radical (unpaired) electrons. The Kier molecular flexibility index (Phi) is 4.89. The number of anilines is 1. The van der Waals surface area contributed by atoms with Crippen LogP contribution in [0.3, 0.4) is 0 Å². The van der Waals surface area contributed by atoms with Gasteiger partial charge < -0.3 is 9.80 Å². The van der Waals surface area contributed by atoms with Gasteiger partial charge in [-0.25, -0.2) is 4.98 Å². The second-order valence-corrected chi connectivity index (χ2v) is 7.80. The van der Waals surface area contributed by atoms with Crippen molar-refractivity contribution in [1.82, 2.24) is 9.38 Å². The number of fused-ring (bicyclic) bond motifs is 1. The van der Waals surface area contributed by atoms with E-state index in [0.29, 0.717) is 0 Å². The van der Waals surface area contributed by atoms with Gasteiger partial charge >= 0.3 is 0 Å². The summed E-state index contributed by atoms with van der Waals surface area (Å²) in [6.07, 6.45) is 1.84. The lowest BCUT2D eigenvalue weighted by atomic mass is 10.1. The van der Waals surface area contributed by atoms with Crippen molar-refractivity contribution in [2.24, 2.45) is 0 Å². The van der Waals surface area contributed by atoms with E-state index in [-0.39, 0.29) is 5.56 Å². The van der Waals surface area contributed by atoms with Crippen LogP contribution in [0.1, 0.15) is 16.8 Å². The molecular formula is C21H24ClN4O+. The van der Waals surface area contributed by atoms with E-state index in [4.69, 9.17) is 11.6 Å². The third-order valence-corrected chi connectivity index (χ3v) is 5.51. The van der Waals surface area contributed by atoms with Gasteiger partial charge in [-0.2, -0.15) is 0 Å². The summed E-state index contributed by atoms with van der Waals surface area (Å²) >= 11 is 6.17. The Labute approximate surface area is 163 Å². The Morgan fingerprint density at radius 1 is 1.11 bits per heavy atom. The van der Waals surface area contributed by atoms with Gasteiger partial charge in [0, 0.05) is 23.0 Å². The number of benzene rings is 1. The van der Waals surface area contributed by atoms with Crippen LogP contribution in [0, 0.1) is 13.8 Å². The third-order valence-electron chi connectivity index (χ3n) is 5.27. The van der Waals surface area contributed by atoms with Crippen LogP contribution in [0.5, 0.6) is 0 Å². The normalized spacial score (nSPS) is 15.4. The molecule has 3 aromatic rings. The highest BCUT2D eigenvalue weighted by atomic mass is 35.5. The number of nitrogens with one attached hydrogen (secondary N) is 1. The van der Waals surface area contributed by atoms with E-state index >= 15 is 0 Å². The molecule has 0 amide bonds. The summed E-state index contributed by atoms with van der Waals surface area (Å²) in [5.41, 5.74) is 5.10. The summed E-state index contributed by atoms with van der Waals surface area (Å²) in [4.78, 5) is 20.9. The predicted molar refractivity (Wildman–Crippen MR) is 109 cm³/mol. The quantitative estimate of drug-likeness (QED) is 0.750. The summed E-state index contributed by atoms with van der Waals surface area (Å²) in [7, 11) is 0. The van der Waals surface area contributed by atoms with Gasteiger partial charge in [0.25, 0.3) is 5.56 Å². The number of hydrogen-bond donors (Lipinski definition) is 1. The molecule has 0 atom stereocenters. The lowest BCUT2D eigenvalue weighted by Crippen LogP contribution is -3.13. The first kappa shape index (κ1) is 18.0. The van der Waals surface area contributed by atoms with Crippen molar-refractivity contribution in [3.8, 4) is 0 Å². The average molecular weight is 384 g/mol. The largest absolute Gasteiger partial charge is 0.360 e. The summed E-state index contributed by atoms with van der Waals surface area (Å²) in [6.45, 7) is 8.86. The summed E-state index contributed by atoms with van der Waals surface area (Å²) < 4.78 is 1.62. The SMILES string of the molecule is Cc1ccc2nc(C[NH+]3CCN(c4cc(Cl)ccc4C)CC3)cc(=O)n2c1. The second-order valence-electron chi connectivity index (χ2n) is 7.37. The molecule has 4 rings (SSSR count). The number of halogens is 1. The van der Waals surface area contributed by atoms with Crippen molar-refractivity contribution in [3.63, 3.8) is 0 Å². The minimum atomic E-state index is -0.00807. The molecule has 0 bridgehead atoms. The standard InChI is InChI=1S/C21H23ClN4O/c1-15-3-6-20-23-18(12-21(27)26(20)13-15)14-24-7-9-25(10-8-24)19-11-17(22)5-4-16(19)2/h3-6,11-13H,7-10,14H2,1-2H3/p+1. The Bertz CT molecular complexity index is 1040. The van der Waals surface area contributed by atoms with Crippen molar-refractivity contribution in [2.75, 3.05) is 31.1 Å². The van der Waals surface area contributed by atoms with Crippen molar-refractivity contribution >= 4 is 22.9 Å². The van der Waals surface area contributed by atoms with E-state index in [1.807, 2.05) is 31.3 Å². The average Bonchev–Trinajstić information content (AvgIpc) is 2.65. The fraction of sp³-hybridized carbons (Fsp3) is 0.333. The molecule has 0 saturated carbocycles. The Balaban J connectivity index is 1.46. The highest BCUT2D eigenvalue weighted by molar-refractivity contribution is 6.30. The molecule has 0 aliphatic carbocycles. The van der Waals surface area contributed by atoms with Crippen LogP contribution in [0.15, 0.2) is 47.4 Å². The summed E-state index contributed by atoms with van der Waals surface area (Å²) in [5, 5.41) is 0.779. The molecule has 0 unspecified atom stereocenters. The van der Waals surface area contributed by atoms with Gasteiger partial charge in [0.15, 0.2) is 0 Å². The molecule has 1 saturated heterocycles. The molecule has 140 valence electrons. The Morgan fingerprint density at radius 2 is 1.89 bits per heavy atom. The number of aromatic nitrogens is 2. The van der Waals surface area contributed by atoms with E-state index in [2.05, 4.69) is 28.9 Å². The monoisotopic (exact) mass is 383 g/mol. The van der Waals surface area contributed by atoms with Crippen LogP contribution in [0.4, 0.5) is 5.69 Å². The Hall–Kier alpha value is -2.37. The fourth-order valence-corrected chi connectivity index (χ4v) is 3.94. The van der Waals surface area contributed by atoms with Gasteiger partial charge in [-0.3, -0.25) is 9.20 Å². The topological polar surface area (TPSA) is 42.0 Å². The molecule has 6 heteroatoms. The molecule has 5 nitrogen and oxygen atoms in total. The van der Waals surface area contributed by atoms with Gasteiger partial charge in [-0.15, -0.1) is 0 Å². The molecule has 1 aliphatic heterocycles. The van der Waals surface area contributed by atoms with E-state index in [1.165, 1.54) is 16.2 Å². The van der Waals surface area contributed by atoms with Gasteiger partial charge in [-0.05, 0) is 43.2 Å². The van der Waals surface area contributed by atoms with Crippen molar-refractivity contribution in [1.29, 1.82) is 0 Å². The summed E-state index contributed by atoms with van der Waals surface area (Å²) in [5.74, 6) is 0. The molecule has 1 N–H and O–H groups in total. The van der Waals surface area contributed by atoms with Crippen LogP contribution in [-0.2, 0) is 6.54 Å². The first-order valence-electron chi connectivity index (χ1n) is 9.33. The molecule has 1 aromatic carbocycles. The molecule has 1 fully saturated rings. The van der Waals surface area contributed by atoms with Gasteiger partial charge in [0.1, 0.15) is 17.9 Å². The maximum absolute atomic E-state index is 12.4.